The number of aryl methyl sites for hydroxylation is 1. The molecular weight excluding hydrogens is 704 g/mol. The van der Waals surface area contributed by atoms with Gasteiger partial charge in [-0.3, -0.25) is 19.4 Å². The minimum Gasteiger partial charge on any atom is -0.459 e. The second-order valence-corrected chi connectivity index (χ2v) is 16.7. The summed E-state index contributed by atoms with van der Waals surface area (Å²) in [4.78, 5) is 48.8. The summed E-state index contributed by atoms with van der Waals surface area (Å²) in [6.45, 7) is 13.9. The van der Waals surface area contributed by atoms with E-state index in [0.717, 1.165) is 29.3 Å². The number of Topliss-reactive ketones (excluding diaryl/α,β-unsaturated/α-hetero) is 2. The van der Waals surface area contributed by atoms with Crippen molar-refractivity contribution in [3.63, 3.8) is 0 Å². The molecule has 13 atom stereocenters. The molecule has 1 unspecified atom stereocenters. The molecular formula is C43H66N2O10. The SMILES string of the molecule is CC[C@H]1OC(=O)[C@H](C)C(=O)[C@H](C)[C@@H](O[C@@H]2O[C@H](C)C[C@H](N(C)C)[C@H]2O)[C@@](C)(OC)C[C@@H](C)C(=O)[C@H](C)C(OCCCCc2cnc3ccccc3c2)[C@]1(C)O. The molecule has 0 amide bonds. The maximum Gasteiger partial charge on any atom is 0.316 e. The molecule has 1 aromatic carbocycles. The number of rotatable bonds is 11. The van der Waals surface area contributed by atoms with Crippen LogP contribution in [0.25, 0.3) is 10.9 Å². The summed E-state index contributed by atoms with van der Waals surface area (Å²) in [6, 6.07) is 9.84. The highest BCUT2D eigenvalue weighted by Crippen LogP contribution is 2.39. The molecule has 0 spiro atoms. The number of hydrogen-bond acceptors (Lipinski definition) is 12. The summed E-state index contributed by atoms with van der Waals surface area (Å²) in [7, 11) is 5.24. The Hall–Kier alpha value is -2.84. The van der Waals surface area contributed by atoms with Crippen molar-refractivity contribution in [1.29, 1.82) is 0 Å². The smallest absolute Gasteiger partial charge is 0.316 e. The van der Waals surface area contributed by atoms with Crippen LogP contribution in [0, 0.1) is 23.7 Å². The third-order valence-corrected chi connectivity index (χ3v) is 12.1. The van der Waals surface area contributed by atoms with Crippen molar-refractivity contribution in [3.05, 3.63) is 42.1 Å². The van der Waals surface area contributed by atoms with E-state index in [4.69, 9.17) is 23.7 Å². The molecule has 2 aromatic rings. The van der Waals surface area contributed by atoms with Gasteiger partial charge in [0.1, 0.15) is 29.5 Å². The van der Waals surface area contributed by atoms with E-state index < -0.39 is 77.3 Å². The number of hydrogen-bond donors (Lipinski definition) is 2. The van der Waals surface area contributed by atoms with Crippen LogP contribution >= 0.6 is 0 Å². The molecule has 0 aliphatic carbocycles. The summed E-state index contributed by atoms with van der Waals surface area (Å²) >= 11 is 0. The fraction of sp³-hybridized carbons (Fsp3) is 0.721. The molecule has 2 aliphatic rings. The molecule has 0 bridgehead atoms. The van der Waals surface area contributed by atoms with Gasteiger partial charge < -0.3 is 38.8 Å². The van der Waals surface area contributed by atoms with Gasteiger partial charge in [0.05, 0.1) is 29.4 Å². The first kappa shape index (κ1) is 44.9. The number of likely N-dealkylation sites (N-methyl/N-ethyl adjacent to an activating group) is 1. The van der Waals surface area contributed by atoms with Gasteiger partial charge in [0.15, 0.2) is 12.1 Å². The van der Waals surface area contributed by atoms with Crippen molar-refractivity contribution in [2.75, 3.05) is 27.8 Å². The number of cyclic esters (lactones) is 1. The van der Waals surface area contributed by atoms with Gasteiger partial charge in [-0.2, -0.15) is 0 Å². The Bertz CT molecular complexity index is 1600. The van der Waals surface area contributed by atoms with Crippen LogP contribution in [0.2, 0.25) is 0 Å². The minimum atomic E-state index is -1.77. The maximum absolute atomic E-state index is 14.4. The number of carbonyl (C=O) groups is 3. The monoisotopic (exact) mass is 770 g/mol. The number of aliphatic hydroxyl groups is 2. The molecule has 2 N–H and O–H groups in total. The van der Waals surface area contributed by atoms with E-state index in [9.17, 15) is 24.6 Å². The number of nitrogens with zero attached hydrogens (tertiary/aromatic N) is 2. The highest BCUT2D eigenvalue weighted by molar-refractivity contribution is 6.00. The third kappa shape index (κ3) is 10.4. The molecule has 0 radical (unpaired) electrons. The number of ketones is 2. The van der Waals surface area contributed by atoms with Crippen LogP contribution in [-0.4, -0.2) is 119 Å². The van der Waals surface area contributed by atoms with Gasteiger partial charge >= 0.3 is 5.97 Å². The van der Waals surface area contributed by atoms with E-state index in [1.807, 2.05) is 56.4 Å². The Morgan fingerprint density at radius 1 is 0.982 bits per heavy atom. The number of unbranched alkanes of at least 4 members (excludes halogenated alkanes) is 1. The summed E-state index contributed by atoms with van der Waals surface area (Å²) in [6.07, 6.45) is -0.496. The van der Waals surface area contributed by atoms with Crippen LogP contribution in [-0.2, 0) is 44.5 Å². The average Bonchev–Trinajstić information content (AvgIpc) is 3.15. The van der Waals surface area contributed by atoms with Gasteiger partial charge in [-0.05, 0) is 98.0 Å². The van der Waals surface area contributed by atoms with Crippen LogP contribution in [0.3, 0.4) is 0 Å². The normalized spacial score (nSPS) is 37.2. The van der Waals surface area contributed by atoms with Crippen LogP contribution < -0.4 is 0 Å². The van der Waals surface area contributed by atoms with E-state index in [0.29, 0.717) is 12.8 Å². The number of fused-ring (bicyclic) bond motifs is 1. The Morgan fingerprint density at radius 2 is 1.65 bits per heavy atom. The number of ether oxygens (including phenoxy) is 5. The Morgan fingerprint density at radius 3 is 2.31 bits per heavy atom. The first-order valence-electron chi connectivity index (χ1n) is 20.0. The molecule has 308 valence electrons. The second kappa shape index (κ2) is 19.1. The molecule has 2 fully saturated rings. The zero-order valence-electron chi connectivity index (χ0n) is 34.8. The Labute approximate surface area is 327 Å². The molecule has 12 nitrogen and oxygen atoms in total. The lowest BCUT2D eigenvalue weighted by molar-refractivity contribution is -0.295. The van der Waals surface area contributed by atoms with Gasteiger partial charge in [-0.15, -0.1) is 0 Å². The number of pyridine rings is 1. The Kier molecular flexibility index (Phi) is 15.6. The highest BCUT2D eigenvalue weighted by Gasteiger charge is 2.52. The second-order valence-electron chi connectivity index (χ2n) is 16.7. The fourth-order valence-electron chi connectivity index (χ4n) is 8.63. The number of carbonyl (C=O) groups excluding carboxylic acids is 3. The van der Waals surface area contributed by atoms with E-state index >= 15 is 0 Å². The van der Waals surface area contributed by atoms with Crippen molar-refractivity contribution in [2.45, 2.75) is 148 Å². The quantitative estimate of drug-likeness (QED) is 0.173. The van der Waals surface area contributed by atoms with Gasteiger partial charge in [0.2, 0.25) is 0 Å². The summed E-state index contributed by atoms with van der Waals surface area (Å²) < 4.78 is 31.2. The molecule has 55 heavy (non-hydrogen) atoms. The minimum absolute atomic E-state index is 0.134. The largest absolute Gasteiger partial charge is 0.459 e. The Balaban J connectivity index is 1.62. The van der Waals surface area contributed by atoms with E-state index in [1.54, 1.807) is 34.6 Å². The molecule has 3 heterocycles. The number of aliphatic hydroxyl groups excluding tert-OH is 1. The lowest BCUT2D eigenvalue weighted by Gasteiger charge is -2.47. The lowest BCUT2D eigenvalue weighted by Crippen LogP contribution is -2.60. The summed E-state index contributed by atoms with van der Waals surface area (Å²) in [5, 5.41) is 24.7. The first-order valence-corrected chi connectivity index (χ1v) is 20.0. The molecule has 1 aromatic heterocycles. The van der Waals surface area contributed by atoms with Crippen molar-refractivity contribution >= 4 is 28.4 Å². The predicted octanol–water partition coefficient (Wildman–Crippen LogP) is 5.32. The molecule has 2 aliphatic heterocycles. The topological polar surface area (TPSA) is 154 Å². The van der Waals surface area contributed by atoms with E-state index in [-0.39, 0.29) is 37.4 Å². The van der Waals surface area contributed by atoms with Crippen molar-refractivity contribution in [3.8, 4) is 0 Å². The molecule has 4 rings (SSSR count). The van der Waals surface area contributed by atoms with Crippen LogP contribution in [0.1, 0.15) is 93.1 Å². The van der Waals surface area contributed by atoms with Crippen LogP contribution in [0.15, 0.2) is 36.5 Å². The number of benzene rings is 1. The first-order chi connectivity index (χ1) is 25.9. The molecule has 2 saturated heterocycles. The highest BCUT2D eigenvalue weighted by atomic mass is 16.7. The fourth-order valence-corrected chi connectivity index (χ4v) is 8.63. The van der Waals surface area contributed by atoms with Gasteiger partial charge in [-0.1, -0.05) is 45.9 Å². The van der Waals surface area contributed by atoms with E-state index in [1.165, 1.54) is 21.0 Å². The van der Waals surface area contributed by atoms with Crippen molar-refractivity contribution < 1.29 is 48.3 Å². The maximum atomic E-state index is 14.4. The number of methoxy groups -OCH3 is 1. The van der Waals surface area contributed by atoms with Crippen LogP contribution in [0.5, 0.6) is 0 Å². The van der Waals surface area contributed by atoms with Gasteiger partial charge in [0.25, 0.3) is 0 Å². The van der Waals surface area contributed by atoms with Crippen molar-refractivity contribution in [1.82, 2.24) is 9.88 Å². The molecule has 12 heteroatoms. The summed E-state index contributed by atoms with van der Waals surface area (Å²) in [5.74, 6) is -5.06. The zero-order chi connectivity index (χ0) is 40.8. The standard InChI is InChI=1S/C43H66N2O10/c1-12-34-43(8,50)39(52-20-16-15-17-30-22-31-18-13-14-19-32(31)44-24-30)27(4)35(46)25(2)23-42(7,51-11)38(28(5)36(47)29(6)40(49)54-34)55-41-37(48)33(45(9)10)21-26(3)53-41/h13-14,18-19,22,24-29,33-34,37-39,41,48,50H,12,15-17,20-21,23H2,1-11H3/t25-,26-,27+,28+,29-,33+,34-,37-,38-,39?,41+,42+,43-/m1/s1. The summed E-state index contributed by atoms with van der Waals surface area (Å²) in [5.41, 5.74) is -0.976. The zero-order valence-corrected chi connectivity index (χ0v) is 34.8. The lowest BCUT2D eigenvalue weighted by atomic mass is 9.74. The van der Waals surface area contributed by atoms with E-state index in [2.05, 4.69) is 11.1 Å². The van der Waals surface area contributed by atoms with Crippen LogP contribution in [0.4, 0.5) is 0 Å². The third-order valence-electron chi connectivity index (χ3n) is 12.1. The number of para-hydroxylation sites is 1. The van der Waals surface area contributed by atoms with Crippen molar-refractivity contribution in [2.24, 2.45) is 23.7 Å². The molecule has 0 saturated carbocycles. The predicted molar refractivity (Wildman–Crippen MR) is 209 cm³/mol. The number of aromatic nitrogens is 1. The number of esters is 1. The van der Waals surface area contributed by atoms with Gasteiger partial charge in [0, 0.05) is 49.1 Å². The van der Waals surface area contributed by atoms with Gasteiger partial charge in [-0.25, -0.2) is 0 Å². The average molecular weight is 771 g/mol.